The van der Waals surface area contributed by atoms with Crippen LogP contribution in [0, 0.1) is 36.5 Å². The second kappa shape index (κ2) is 8.63. The monoisotopic (exact) mass is 426 g/mol. The Bertz CT molecular complexity index is 1280. The third kappa shape index (κ3) is 3.91. The van der Waals surface area contributed by atoms with Crippen LogP contribution in [0.4, 0.5) is 5.00 Å². The smallest absolute Gasteiger partial charge is 0.267 e. The largest absolute Gasteiger partial charge is 0.317 e. The maximum atomic E-state index is 12.9. The number of nitrogens with zero attached hydrogens (tertiary/aromatic N) is 3. The molecule has 0 bridgehead atoms. The molecule has 154 valence electrons. The highest BCUT2D eigenvalue weighted by Gasteiger charge is 2.23. The molecule has 2 heterocycles. The predicted molar refractivity (Wildman–Crippen MR) is 123 cm³/mol. The fourth-order valence-corrected chi connectivity index (χ4v) is 5.20. The summed E-state index contributed by atoms with van der Waals surface area (Å²) in [6.45, 7) is 4.11. The standard InChI is InChI=1S/C25H22N4OS/c1-16-7-5-10-22(17(16)2)29-12-6-8-19(29)13-18(14-26)24(30)28-25-21(15-27)20-9-3-4-11-23(20)31-25/h5-8,10,12-13H,3-4,9,11H2,1-2H3,(H,28,30)/b18-13+. The van der Waals surface area contributed by atoms with E-state index in [1.54, 1.807) is 6.08 Å². The van der Waals surface area contributed by atoms with Gasteiger partial charge in [-0.1, -0.05) is 12.1 Å². The van der Waals surface area contributed by atoms with E-state index in [0.29, 0.717) is 10.6 Å². The topological polar surface area (TPSA) is 81.6 Å². The van der Waals surface area contributed by atoms with E-state index < -0.39 is 5.91 Å². The van der Waals surface area contributed by atoms with Gasteiger partial charge in [0.1, 0.15) is 22.7 Å². The fraction of sp³-hybridized carbons (Fsp3) is 0.240. The zero-order chi connectivity index (χ0) is 22.0. The van der Waals surface area contributed by atoms with Crippen molar-refractivity contribution in [2.45, 2.75) is 39.5 Å². The first-order valence-electron chi connectivity index (χ1n) is 10.2. The van der Waals surface area contributed by atoms with Gasteiger partial charge in [0, 0.05) is 22.5 Å². The first-order chi connectivity index (χ1) is 15.0. The zero-order valence-corrected chi connectivity index (χ0v) is 18.3. The number of fused-ring (bicyclic) bond motifs is 1. The van der Waals surface area contributed by atoms with Gasteiger partial charge >= 0.3 is 0 Å². The molecule has 0 aliphatic heterocycles. The molecule has 0 fully saturated rings. The van der Waals surface area contributed by atoms with Gasteiger partial charge in [-0.3, -0.25) is 4.79 Å². The highest BCUT2D eigenvalue weighted by Crippen LogP contribution is 2.37. The summed E-state index contributed by atoms with van der Waals surface area (Å²) in [7, 11) is 0. The molecule has 3 aromatic rings. The lowest BCUT2D eigenvalue weighted by Gasteiger charge is -2.12. The Morgan fingerprint density at radius 3 is 2.74 bits per heavy atom. The second-order valence-corrected chi connectivity index (χ2v) is 8.78. The molecule has 0 spiro atoms. The minimum absolute atomic E-state index is 0.000479. The molecular weight excluding hydrogens is 404 g/mol. The number of aromatic nitrogens is 1. The Morgan fingerprint density at radius 1 is 1.16 bits per heavy atom. The SMILES string of the molecule is Cc1cccc(-n2cccc2/C=C(\C#N)C(=O)Nc2sc3c(c2C#N)CCCC3)c1C. The van der Waals surface area contributed by atoms with Crippen LogP contribution in [0.25, 0.3) is 11.8 Å². The van der Waals surface area contributed by atoms with Crippen molar-refractivity contribution in [3.63, 3.8) is 0 Å². The number of nitrogens with one attached hydrogen (secondary N) is 1. The number of anilines is 1. The normalized spacial score (nSPS) is 13.2. The number of rotatable bonds is 4. The van der Waals surface area contributed by atoms with Crippen molar-refractivity contribution in [1.29, 1.82) is 10.5 Å². The number of carbonyl (C=O) groups excluding carboxylic acids is 1. The van der Waals surface area contributed by atoms with E-state index >= 15 is 0 Å². The van der Waals surface area contributed by atoms with Gasteiger partial charge in [0.2, 0.25) is 0 Å². The van der Waals surface area contributed by atoms with Crippen LogP contribution in [-0.4, -0.2) is 10.5 Å². The van der Waals surface area contributed by atoms with Gasteiger partial charge in [-0.25, -0.2) is 0 Å². The third-order valence-electron chi connectivity index (χ3n) is 5.78. The van der Waals surface area contributed by atoms with E-state index in [2.05, 4.69) is 31.3 Å². The summed E-state index contributed by atoms with van der Waals surface area (Å²) in [5.74, 6) is -0.494. The van der Waals surface area contributed by atoms with E-state index in [4.69, 9.17) is 0 Å². The molecule has 1 aliphatic carbocycles. The number of benzene rings is 1. The molecule has 0 unspecified atom stereocenters. The molecule has 0 saturated carbocycles. The second-order valence-electron chi connectivity index (χ2n) is 7.67. The Morgan fingerprint density at radius 2 is 1.97 bits per heavy atom. The van der Waals surface area contributed by atoms with Crippen molar-refractivity contribution in [3.8, 4) is 17.8 Å². The molecule has 1 aliphatic rings. The van der Waals surface area contributed by atoms with E-state index in [-0.39, 0.29) is 5.57 Å². The summed E-state index contributed by atoms with van der Waals surface area (Å²) < 4.78 is 1.97. The van der Waals surface area contributed by atoms with E-state index in [0.717, 1.165) is 48.2 Å². The molecule has 2 aromatic heterocycles. The molecule has 1 aromatic carbocycles. The van der Waals surface area contributed by atoms with Gasteiger partial charge in [-0.15, -0.1) is 11.3 Å². The van der Waals surface area contributed by atoms with Crippen molar-refractivity contribution in [1.82, 2.24) is 4.57 Å². The van der Waals surface area contributed by atoms with Crippen molar-refractivity contribution in [2.24, 2.45) is 0 Å². The minimum atomic E-state index is -0.494. The van der Waals surface area contributed by atoms with E-state index in [1.165, 1.54) is 21.8 Å². The van der Waals surface area contributed by atoms with Crippen LogP contribution in [0.1, 0.15) is 45.7 Å². The maximum absolute atomic E-state index is 12.9. The lowest BCUT2D eigenvalue weighted by molar-refractivity contribution is -0.112. The van der Waals surface area contributed by atoms with Crippen LogP contribution in [0.3, 0.4) is 0 Å². The van der Waals surface area contributed by atoms with Gasteiger partial charge < -0.3 is 9.88 Å². The lowest BCUT2D eigenvalue weighted by atomic mass is 9.96. The molecule has 31 heavy (non-hydrogen) atoms. The lowest BCUT2D eigenvalue weighted by Crippen LogP contribution is -2.14. The average Bonchev–Trinajstić information content (AvgIpc) is 3.37. The minimum Gasteiger partial charge on any atom is -0.317 e. The van der Waals surface area contributed by atoms with Crippen LogP contribution in [0.15, 0.2) is 42.1 Å². The first kappa shape index (κ1) is 20.7. The highest BCUT2D eigenvalue weighted by molar-refractivity contribution is 7.16. The van der Waals surface area contributed by atoms with Gasteiger partial charge in [0.15, 0.2) is 0 Å². The molecule has 0 atom stereocenters. The highest BCUT2D eigenvalue weighted by atomic mass is 32.1. The summed E-state index contributed by atoms with van der Waals surface area (Å²) in [5, 5.41) is 22.7. The van der Waals surface area contributed by atoms with Crippen LogP contribution >= 0.6 is 11.3 Å². The molecule has 1 amide bonds. The number of amides is 1. The molecule has 5 nitrogen and oxygen atoms in total. The molecule has 4 rings (SSSR count). The van der Waals surface area contributed by atoms with E-state index in [1.807, 2.05) is 41.1 Å². The average molecular weight is 427 g/mol. The van der Waals surface area contributed by atoms with Crippen LogP contribution in [0.5, 0.6) is 0 Å². The van der Waals surface area contributed by atoms with Gasteiger partial charge in [-0.2, -0.15) is 10.5 Å². The van der Waals surface area contributed by atoms with Gasteiger partial charge in [-0.05, 0) is 80.5 Å². The summed E-state index contributed by atoms with van der Waals surface area (Å²) >= 11 is 1.46. The Hall–Kier alpha value is -3.61. The number of hydrogen-bond donors (Lipinski definition) is 1. The summed E-state index contributed by atoms with van der Waals surface area (Å²) in [4.78, 5) is 14.1. The predicted octanol–water partition coefficient (Wildman–Crippen LogP) is 5.45. The maximum Gasteiger partial charge on any atom is 0.267 e. The molecule has 0 saturated heterocycles. The number of nitriles is 2. The molecular formula is C25H22N4OS. The van der Waals surface area contributed by atoms with Crippen molar-refractivity contribution >= 4 is 28.3 Å². The quantitative estimate of drug-likeness (QED) is 0.445. The van der Waals surface area contributed by atoms with Gasteiger partial charge in [0.25, 0.3) is 5.91 Å². The number of hydrogen-bond acceptors (Lipinski definition) is 4. The Balaban J connectivity index is 1.66. The Kier molecular flexibility index (Phi) is 5.75. The molecule has 0 radical (unpaired) electrons. The van der Waals surface area contributed by atoms with Crippen molar-refractivity contribution in [2.75, 3.05) is 5.32 Å². The number of carbonyl (C=O) groups is 1. The number of thiophene rings is 1. The van der Waals surface area contributed by atoms with Crippen LogP contribution in [-0.2, 0) is 17.6 Å². The van der Waals surface area contributed by atoms with Crippen LogP contribution in [0.2, 0.25) is 0 Å². The zero-order valence-electron chi connectivity index (χ0n) is 17.5. The fourth-order valence-electron chi connectivity index (χ4n) is 3.97. The van der Waals surface area contributed by atoms with Crippen LogP contribution < -0.4 is 5.32 Å². The molecule has 6 heteroatoms. The molecule has 1 N–H and O–H groups in total. The van der Waals surface area contributed by atoms with E-state index in [9.17, 15) is 15.3 Å². The Labute approximate surface area is 185 Å². The van der Waals surface area contributed by atoms with Crippen molar-refractivity contribution in [3.05, 3.63) is 74.9 Å². The first-order valence-corrected chi connectivity index (χ1v) is 11.1. The summed E-state index contributed by atoms with van der Waals surface area (Å²) in [5.41, 5.74) is 5.66. The number of aryl methyl sites for hydroxylation is 2. The van der Waals surface area contributed by atoms with Gasteiger partial charge in [0.05, 0.1) is 5.56 Å². The van der Waals surface area contributed by atoms with Crippen molar-refractivity contribution < 1.29 is 4.79 Å². The third-order valence-corrected chi connectivity index (χ3v) is 6.99. The summed E-state index contributed by atoms with van der Waals surface area (Å²) in [6, 6.07) is 14.1. The summed E-state index contributed by atoms with van der Waals surface area (Å²) in [6.07, 6.45) is 7.48.